The van der Waals surface area contributed by atoms with Crippen LogP contribution in [0, 0.1) is 0 Å². The maximum Gasteiger partial charge on any atom is 0.319 e. The van der Waals surface area contributed by atoms with Gasteiger partial charge in [0.2, 0.25) is 0 Å². The van der Waals surface area contributed by atoms with Crippen LogP contribution in [0.5, 0.6) is 0 Å². The fourth-order valence-corrected chi connectivity index (χ4v) is 3.12. The van der Waals surface area contributed by atoms with Crippen LogP contribution in [0.2, 0.25) is 10.0 Å². The fraction of sp³-hybridized carbons (Fsp3) is 0.316. The number of carbonyl (C=O) groups excluding carboxylic acids is 1. The number of benzene rings is 2. The highest BCUT2D eigenvalue weighted by Crippen LogP contribution is 2.33. The maximum absolute atomic E-state index is 12.4. The maximum atomic E-state index is 12.4. The average Bonchev–Trinajstić information content (AvgIpc) is 2.60. The smallest absolute Gasteiger partial charge is 0.319 e. The summed E-state index contributed by atoms with van der Waals surface area (Å²) >= 11 is 12.1. The van der Waals surface area contributed by atoms with Gasteiger partial charge < -0.3 is 20.1 Å². The zero-order valence-corrected chi connectivity index (χ0v) is 16.0. The van der Waals surface area contributed by atoms with Gasteiger partial charge >= 0.3 is 6.03 Å². The van der Waals surface area contributed by atoms with E-state index in [1.165, 1.54) is 0 Å². The first-order valence-corrected chi connectivity index (χ1v) is 8.99. The van der Waals surface area contributed by atoms with E-state index < -0.39 is 11.8 Å². The number of urea groups is 1. The largest absolute Gasteiger partial charge is 0.348 e. The molecule has 0 spiro atoms. The summed E-state index contributed by atoms with van der Waals surface area (Å²) in [7, 11) is 0. The second-order valence-corrected chi connectivity index (χ2v) is 7.33. The highest BCUT2D eigenvalue weighted by Gasteiger charge is 2.38. The quantitative estimate of drug-likeness (QED) is 0.768. The molecule has 26 heavy (non-hydrogen) atoms. The van der Waals surface area contributed by atoms with Gasteiger partial charge in [0, 0.05) is 5.02 Å². The molecule has 1 aliphatic rings. The van der Waals surface area contributed by atoms with Gasteiger partial charge in [-0.1, -0.05) is 53.5 Å². The van der Waals surface area contributed by atoms with Crippen molar-refractivity contribution in [1.82, 2.24) is 5.32 Å². The van der Waals surface area contributed by atoms with Gasteiger partial charge in [0.15, 0.2) is 5.79 Å². The van der Waals surface area contributed by atoms with Crippen molar-refractivity contribution >= 4 is 34.9 Å². The van der Waals surface area contributed by atoms with Crippen LogP contribution in [-0.4, -0.2) is 24.5 Å². The lowest BCUT2D eigenvalue weighted by molar-refractivity contribution is -0.284. The van der Waals surface area contributed by atoms with E-state index >= 15 is 0 Å². The summed E-state index contributed by atoms with van der Waals surface area (Å²) in [6.07, 6.45) is -0.333. The lowest BCUT2D eigenvalue weighted by Gasteiger charge is -2.41. The van der Waals surface area contributed by atoms with Gasteiger partial charge in [0.05, 0.1) is 23.4 Å². The van der Waals surface area contributed by atoms with Crippen molar-refractivity contribution in [3.8, 4) is 0 Å². The van der Waals surface area contributed by atoms with Crippen molar-refractivity contribution in [2.75, 3.05) is 11.9 Å². The van der Waals surface area contributed by atoms with E-state index in [4.69, 9.17) is 32.7 Å². The summed E-state index contributed by atoms with van der Waals surface area (Å²) in [5, 5.41) is 6.50. The molecule has 1 heterocycles. The lowest BCUT2D eigenvalue weighted by Crippen LogP contribution is -2.52. The lowest BCUT2D eigenvalue weighted by atomic mass is 10.0. The Balaban J connectivity index is 1.74. The number of nitrogens with one attached hydrogen (secondary N) is 2. The molecule has 0 unspecified atom stereocenters. The van der Waals surface area contributed by atoms with E-state index in [0.29, 0.717) is 22.3 Å². The third-order valence-corrected chi connectivity index (χ3v) is 4.57. The minimum absolute atomic E-state index is 0.323. The third-order valence-electron chi connectivity index (χ3n) is 4.01. The summed E-state index contributed by atoms with van der Waals surface area (Å²) in [5.41, 5.74) is 1.40. The van der Waals surface area contributed by atoms with Crippen LogP contribution in [-0.2, 0) is 9.47 Å². The van der Waals surface area contributed by atoms with Gasteiger partial charge in [-0.3, -0.25) is 0 Å². The number of ether oxygens (including phenoxy) is 2. The SMILES string of the molecule is CC1(C)OC[C@H](NC(=O)Nc2cc(Cl)ccc2Cl)[C@@H](c2ccccc2)O1. The Kier molecular flexibility index (Phi) is 5.73. The molecule has 2 aromatic rings. The van der Waals surface area contributed by atoms with Gasteiger partial charge in [0.1, 0.15) is 6.10 Å². The molecule has 7 heteroatoms. The van der Waals surface area contributed by atoms with Gasteiger partial charge in [-0.05, 0) is 37.6 Å². The summed E-state index contributed by atoms with van der Waals surface area (Å²) in [6, 6.07) is 13.8. The van der Waals surface area contributed by atoms with E-state index in [2.05, 4.69) is 10.6 Å². The number of hydrogen-bond acceptors (Lipinski definition) is 3. The van der Waals surface area contributed by atoms with Crippen molar-refractivity contribution < 1.29 is 14.3 Å². The normalized spacial score (nSPS) is 21.8. The first-order chi connectivity index (χ1) is 12.3. The molecule has 0 aromatic heterocycles. The molecule has 0 radical (unpaired) electrons. The van der Waals surface area contributed by atoms with Crippen molar-refractivity contribution in [3.63, 3.8) is 0 Å². The van der Waals surface area contributed by atoms with Crippen molar-refractivity contribution in [2.24, 2.45) is 0 Å². The molecule has 0 aliphatic carbocycles. The van der Waals surface area contributed by atoms with E-state index in [0.717, 1.165) is 5.56 Å². The molecule has 5 nitrogen and oxygen atoms in total. The minimum Gasteiger partial charge on any atom is -0.348 e. The number of rotatable bonds is 3. The molecule has 2 N–H and O–H groups in total. The van der Waals surface area contributed by atoms with Crippen molar-refractivity contribution in [1.29, 1.82) is 0 Å². The Labute approximate surface area is 162 Å². The predicted molar refractivity (Wildman–Crippen MR) is 103 cm³/mol. The predicted octanol–water partition coefficient (Wildman–Crippen LogP) is 5.01. The molecular weight excluding hydrogens is 375 g/mol. The van der Waals surface area contributed by atoms with E-state index in [9.17, 15) is 4.79 Å². The summed E-state index contributed by atoms with van der Waals surface area (Å²) in [5.74, 6) is -0.731. The Bertz CT molecular complexity index is 784. The fourth-order valence-electron chi connectivity index (χ4n) is 2.78. The highest BCUT2D eigenvalue weighted by molar-refractivity contribution is 6.35. The van der Waals surface area contributed by atoms with E-state index in [1.54, 1.807) is 18.2 Å². The number of amides is 2. The Morgan fingerprint density at radius 1 is 1.15 bits per heavy atom. The third kappa shape index (κ3) is 4.68. The molecule has 1 fully saturated rings. The molecule has 1 aliphatic heterocycles. The van der Waals surface area contributed by atoms with Crippen molar-refractivity contribution in [2.45, 2.75) is 31.8 Å². The zero-order valence-electron chi connectivity index (χ0n) is 14.5. The van der Waals surface area contributed by atoms with Crippen LogP contribution < -0.4 is 10.6 Å². The Morgan fingerprint density at radius 2 is 1.88 bits per heavy atom. The van der Waals surface area contributed by atoms with Crippen LogP contribution in [0.3, 0.4) is 0 Å². The molecule has 2 atom stereocenters. The van der Waals surface area contributed by atoms with Gasteiger partial charge in [-0.15, -0.1) is 0 Å². The molecule has 0 saturated carbocycles. The molecule has 2 aromatic carbocycles. The van der Waals surface area contributed by atoms with Crippen LogP contribution in [0.15, 0.2) is 48.5 Å². The molecular formula is C19H20Cl2N2O3. The van der Waals surface area contributed by atoms with Crippen LogP contribution in [0.25, 0.3) is 0 Å². The van der Waals surface area contributed by atoms with Crippen LogP contribution in [0.1, 0.15) is 25.5 Å². The van der Waals surface area contributed by atoms with Crippen LogP contribution >= 0.6 is 23.2 Å². The minimum atomic E-state index is -0.731. The Hall–Kier alpha value is -1.79. The second-order valence-electron chi connectivity index (χ2n) is 6.49. The molecule has 0 bridgehead atoms. The topological polar surface area (TPSA) is 59.6 Å². The number of anilines is 1. The first-order valence-electron chi connectivity index (χ1n) is 8.23. The molecule has 2 amide bonds. The monoisotopic (exact) mass is 394 g/mol. The van der Waals surface area contributed by atoms with Crippen LogP contribution in [0.4, 0.5) is 10.5 Å². The number of carbonyl (C=O) groups is 1. The molecule has 138 valence electrons. The van der Waals surface area contributed by atoms with Gasteiger partial charge in [-0.2, -0.15) is 0 Å². The first kappa shape index (κ1) is 19.0. The Morgan fingerprint density at radius 3 is 2.62 bits per heavy atom. The number of halogens is 2. The average molecular weight is 395 g/mol. The second kappa shape index (κ2) is 7.84. The summed E-state index contributed by atoms with van der Waals surface area (Å²) in [6.45, 7) is 4.03. The summed E-state index contributed by atoms with van der Waals surface area (Å²) in [4.78, 5) is 12.4. The summed E-state index contributed by atoms with van der Waals surface area (Å²) < 4.78 is 11.8. The van der Waals surface area contributed by atoms with E-state index in [-0.39, 0.29) is 12.1 Å². The highest BCUT2D eigenvalue weighted by atomic mass is 35.5. The zero-order chi connectivity index (χ0) is 18.7. The standard InChI is InChI=1S/C19H20Cl2N2O3/c1-19(2)25-11-16(17(26-19)12-6-4-3-5-7-12)23-18(24)22-15-10-13(20)8-9-14(15)21/h3-10,16-17H,11H2,1-2H3,(H2,22,23,24)/t16-,17+/m0/s1. The molecule has 3 rings (SSSR count). The number of hydrogen-bond donors (Lipinski definition) is 2. The van der Waals surface area contributed by atoms with Gasteiger partial charge in [0.25, 0.3) is 0 Å². The van der Waals surface area contributed by atoms with E-state index in [1.807, 2.05) is 44.2 Å². The van der Waals surface area contributed by atoms with Gasteiger partial charge in [-0.25, -0.2) is 4.79 Å². The van der Waals surface area contributed by atoms with Crippen molar-refractivity contribution in [3.05, 3.63) is 64.1 Å². The molecule has 1 saturated heterocycles.